The van der Waals surface area contributed by atoms with Gasteiger partial charge in [-0.15, -0.1) is 0 Å². The number of hydrogen-bond acceptors (Lipinski definition) is 3. The Kier molecular flexibility index (Phi) is 5.37. The Hall–Kier alpha value is -3.29. The summed E-state index contributed by atoms with van der Waals surface area (Å²) in [7, 11) is 0. The Bertz CT molecular complexity index is 1010. The van der Waals surface area contributed by atoms with E-state index in [2.05, 4.69) is 10.4 Å². The molecule has 1 amide bonds. The Morgan fingerprint density at radius 2 is 1.62 bits per heavy atom. The molecule has 3 aromatic rings. The van der Waals surface area contributed by atoms with Crippen LogP contribution >= 0.6 is 0 Å². The predicted octanol–water partition coefficient (Wildman–Crippen LogP) is 5.80. The van der Waals surface area contributed by atoms with Crippen LogP contribution in [0.5, 0.6) is 5.75 Å². The van der Waals surface area contributed by atoms with E-state index in [0.717, 1.165) is 10.7 Å². The largest absolute Gasteiger partial charge is 0.418 e. The van der Waals surface area contributed by atoms with Gasteiger partial charge < -0.3 is 4.74 Å². The number of carbonyl (C=O) groups excluding carboxylic acids is 1. The van der Waals surface area contributed by atoms with Gasteiger partial charge in [-0.1, -0.05) is 51.1 Å². The number of halogens is 3. The lowest BCUT2D eigenvalue weighted by Gasteiger charge is -2.16. The molecule has 0 aliphatic rings. The molecule has 2 aromatic carbocycles. The summed E-state index contributed by atoms with van der Waals surface area (Å²) < 4.78 is 46.8. The van der Waals surface area contributed by atoms with Gasteiger partial charge in [-0.05, 0) is 24.3 Å². The highest BCUT2D eigenvalue weighted by Crippen LogP contribution is 2.35. The normalized spacial score (nSPS) is 11.9. The molecule has 0 saturated heterocycles. The minimum Gasteiger partial charge on any atom is -0.410 e. The lowest BCUT2D eigenvalue weighted by molar-refractivity contribution is -0.137. The highest BCUT2D eigenvalue weighted by Gasteiger charge is 2.35. The third-order valence-corrected chi connectivity index (χ3v) is 4.10. The average Bonchev–Trinajstić information content (AvgIpc) is 3.05. The number of hydrogen-bond donors (Lipinski definition) is 1. The molecule has 0 aliphatic carbocycles. The number of anilines is 1. The summed E-state index contributed by atoms with van der Waals surface area (Å²) >= 11 is 0. The number of rotatable bonds is 3. The van der Waals surface area contributed by atoms with E-state index >= 15 is 0 Å². The number of carbonyl (C=O) groups is 1. The highest BCUT2D eigenvalue weighted by molar-refractivity contribution is 5.85. The number of amides is 1. The molecule has 29 heavy (non-hydrogen) atoms. The Morgan fingerprint density at radius 1 is 1.00 bits per heavy atom. The van der Waals surface area contributed by atoms with Crippen molar-refractivity contribution in [1.29, 1.82) is 0 Å². The van der Waals surface area contributed by atoms with E-state index in [-0.39, 0.29) is 11.5 Å². The van der Waals surface area contributed by atoms with E-state index in [1.54, 1.807) is 36.4 Å². The first-order valence-electron chi connectivity index (χ1n) is 8.87. The lowest BCUT2D eigenvalue weighted by atomic mass is 9.92. The van der Waals surface area contributed by atoms with E-state index in [9.17, 15) is 18.0 Å². The van der Waals surface area contributed by atoms with E-state index in [1.165, 1.54) is 18.2 Å². The van der Waals surface area contributed by atoms with E-state index in [0.29, 0.717) is 11.4 Å². The Balaban J connectivity index is 2.02. The molecule has 0 unspecified atom stereocenters. The topological polar surface area (TPSA) is 56.1 Å². The summed E-state index contributed by atoms with van der Waals surface area (Å²) in [5.41, 5.74) is -0.976. The second-order valence-corrected chi connectivity index (χ2v) is 7.42. The molecule has 1 heterocycles. The first-order valence-corrected chi connectivity index (χ1v) is 8.87. The van der Waals surface area contributed by atoms with Gasteiger partial charge in [-0.25, -0.2) is 9.48 Å². The van der Waals surface area contributed by atoms with E-state index < -0.39 is 23.2 Å². The molecule has 0 atom stereocenters. The van der Waals surface area contributed by atoms with Crippen molar-refractivity contribution in [2.24, 2.45) is 0 Å². The van der Waals surface area contributed by atoms with Gasteiger partial charge in [0.25, 0.3) is 0 Å². The predicted molar refractivity (Wildman–Crippen MR) is 103 cm³/mol. The molecule has 1 N–H and O–H groups in total. The fourth-order valence-corrected chi connectivity index (χ4v) is 2.64. The van der Waals surface area contributed by atoms with Gasteiger partial charge in [0.15, 0.2) is 0 Å². The second-order valence-electron chi connectivity index (χ2n) is 7.42. The molecule has 0 fully saturated rings. The SMILES string of the molecule is CC(C)(C)c1cc(NC(=O)Oc2ccccc2)n(-c2ccccc2C(F)(F)F)n1. The molecule has 152 valence electrons. The molecule has 8 heteroatoms. The molecule has 5 nitrogen and oxygen atoms in total. The summed E-state index contributed by atoms with van der Waals surface area (Å²) in [6, 6.07) is 15.0. The first kappa shape index (κ1) is 20.4. The van der Waals surface area contributed by atoms with Crippen molar-refractivity contribution in [2.45, 2.75) is 32.4 Å². The molecular weight excluding hydrogens is 383 g/mol. The van der Waals surface area contributed by atoms with Crippen molar-refractivity contribution in [3.63, 3.8) is 0 Å². The summed E-state index contributed by atoms with van der Waals surface area (Å²) in [6.07, 6.45) is -5.41. The molecule has 0 spiro atoms. The summed E-state index contributed by atoms with van der Waals surface area (Å²) in [4.78, 5) is 12.3. The number of para-hydroxylation sites is 2. The van der Waals surface area contributed by atoms with Crippen molar-refractivity contribution < 1.29 is 22.7 Å². The van der Waals surface area contributed by atoms with Gasteiger partial charge in [-0.2, -0.15) is 18.3 Å². The number of nitrogens with zero attached hydrogens (tertiary/aromatic N) is 2. The quantitative estimate of drug-likeness (QED) is 0.601. The Morgan fingerprint density at radius 3 is 2.24 bits per heavy atom. The number of benzene rings is 2. The maximum Gasteiger partial charge on any atom is 0.418 e. The smallest absolute Gasteiger partial charge is 0.410 e. The minimum absolute atomic E-state index is 0.0764. The number of aromatic nitrogens is 2. The molecule has 1 aromatic heterocycles. The monoisotopic (exact) mass is 403 g/mol. The average molecular weight is 403 g/mol. The van der Waals surface area contributed by atoms with Crippen molar-refractivity contribution >= 4 is 11.9 Å². The van der Waals surface area contributed by atoms with E-state index in [1.807, 2.05) is 20.8 Å². The molecule has 0 saturated carbocycles. The number of nitrogens with one attached hydrogen (secondary N) is 1. The van der Waals surface area contributed by atoms with Crippen LogP contribution in [0.15, 0.2) is 60.7 Å². The van der Waals surface area contributed by atoms with Crippen LogP contribution in [0.1, 0.15) is 32.0 Å². The maximum atomic E-state index is 13.5. The van der Waals surface area contributed by atoms with Gasteiger partial charge in [0.05, 0.1) is 16.9 Å². The van der Waals surface area contributed by atoms with Crippen LogP contribution in [0.25, 0.3) is 5.69 Å². The minimum atomic E-state index is -4.58. The number of alkyl halides is 3. The molecule has 0 bridgehead atoms. The molecule has 0 aliphatic heterocycles. The van der Waals surface area contributed by atoms with Crippen LogP contribution in [0, 0.1) is 0 Å². The van der Waals surface area contributed by atoms with Crippen LogP contribution in [0.4, 0.5) is 23.8 Å². The fraction of sp³-hybridized carbons (Fsp3) is 0.238. The van der Waals surface area contributed by atoms with Gasteiger partial charge in [-0.3, -0.25) is 5.32 Å². The van der Waals surface area contributed by atoms with Crippen molar-refractivity contribution in [2.75, 3.05) is 5.32 Å². The Labute approximate surface area is 166 Å². The van der Waals surface area contributed by atoms with Crippen LogP contribution in [-0.2, 0) is 11.6 Å². The van der Waals surface area contributed by atoms with Gasteiger partial charge in [0.2, 0.25) is 0 Å². The van der Waals surface area contributed by atoms with Gasteiger partial charge in [0.1, 0.15) is 11.6 Å². The number of ether oxygens (including phenoxy) is 1. The van der Waals surface area contributed by atoms with Crippen molar-refractivity contribution in [1.82, 2.24) is 9.78 Å². The maximum absolute atomic E-state index is 13.5. The third-order valence-electron chi connectivity index (χ3n) is 4.10. The second kappa shape index (κ2) is 7.62. The zero-order valence-corrected chi connectivity index (χ0v) is 16.1. The zero-order chi connectivity index (χ0) is 21.2. The summed E-state index contributed by atoms with van der Waals surface area (Å²) in [5.74, 6) is 0.385. The highest BCUT2D eigenvalue weighted by atomic mass is 19.4. The van der Waals surface area contributed by atoms with Crippen molar-refractivity contribution in [3.05, 3.63) is 71.9 Å². The van der Waals surface area contributed by atoms with Crippen molar-refractivity contribution in [3.8, 4) is 11.4 Å². The molecule has 0 radical (unpaired) electrons. The summed E-state index contributed by atoms with van der Waals surface area (Å²) in [6.45, 7) is 5.63. The lowest BCUT2D eigenvalue weighted by Crippen LogP contribution is -2.20. The third kappa shape index (κ3) is 4.77. The van der Waals surface area contributed by atoms with Crippen LogP contribution in [0.2, 0.25) is 0 Å². The van der Waals surface area contributed by atoms with Crippen LogP contribution < -0.4 is 10.1 Å². The van der Waals surface area contributed by atoms with Gasteiger partial charge in [0, 0.05) is 11.5 Å². The van der Waals surface area contributed by atoms with Crippen LogP contribution in [-0.4, -0.2) is 15.9 Å². The fourth-order valence-electron chi connectivity index (χ4n) is 2.64. The van der Waals surface area contributed by atoms with Crippen LogP contribution in [0.3, 0.4) is 0 Å². The zero-order valence-electron chi connectivity index (χ0n) is 16.1. The summed E-state index contributed by atoms with van der Waals surface area (Å²) in [5, 5.41) is 6.83. The molecular formula is C21H20F3N3O2. The molecule has 3 rings (SSSR count). The van der Waals surface area contributed by atoms with Gasteiger partial charge >= 0.3 is 12.3 Å². The van der Waals surface area contributed by atoms with E-state index in [4.69, 9.17) is 4.74 Å². The standard InChI is InChI=1S/C21H20F3N3O2/c1-20(2,3)17-13-18(25-19(28)29-14-9-5-4-6-10-14)27(26-17)16-12-8-7-11-15(16)21(22,23)24/h4-13H,1-3H3,(H,25,28). The first-order chi connectivity index (χ1) is 13.6.